The van der Waals surface area contributed by atoms with Gasteiger partial charge in [-0.3, -0.25) is 4.79 Å². The van der Waals surface area contributed by atoms with E-state index in [-0.39, 0.29) is 5.91 Å². The molecular weight excluding hydrogens is 272 g/mol. The summed E-state index contributed by atoms with van der Waals surface area (Å²) >= 11 is 0. The maximum atomic E-state index is 12.3. The number of hydrogen-bond acceptors (Lipinski definition) is 2. The molecule has 22 heavy (non-hydrogen) atoms. The van der Waals surface area contributed by atoms with E-state index in [4.69, 9.17) is 0 Å². The average molecular weight is 296 g/mol. The molecule has 0 heterocycles. The smallest absolute Gasteiger partial charge is 0.243 e. The molecule has 0 aliphatic heterocycles. The Bertz CT molecular complexity index is 610. The van der Waals surface area contributed by atoms with E-state index in [1.54, 1.807) is 0 Å². The van der Waals surface area contributed by atoms with Crippen molar-refractivity contribution in [3.63, 3.8) is 0 Å². The lowest BCUT2D eigenvalue weighted by Crippen LogP contribution is -2.30. The number of carbonyl (C=O) groups is 1. The van der Waals surface area contributed by atoms with Crippen LogP contribution in [0.4, 0.5) is 11.4 Å². The largest absolute Gasteiger partial charge is 0.365 e. The van der Waals surface area contributed by atoms with Crippen molar-refractivity contribution in [3.8, 4) is 0 Å². The first-order valence-corrected chi connectivity index (χ1v) is 7.76. The molecule has 0 radical (unpaired) electrons. The fraction of sp³-hybridized carbons (Fsp3) is 0.316. The summed E-state index contributed by atoms with van der Waals surface area (Å²) in [6.07, 6.45) is 1.05. The summed E-state index contributed by atoms with van der Waals surface area (Å²) < 4.78 is 0. The van der Waals surface area contributed by atoms with Gasteiger partial charge in [-0.15, -0.1) is 0 Å². The van der Waals surface area contributed by atoms with Crippen LogP contribution in [-0.2, 0) is 4.79 Å². The SMILES string of the molecule is CC[C@H](C)c1ccccc1NC(=O)CN(C)c1ccccc1. The van der Waals surface area contributed by atoms with Gasteiger partial charge in [0.15, 0.2) is 0 Å². The van der Waals surface area contributed by atoms with Crippen LogP contribution in [0.1, 0.15) is 31.7 Å². The van der Waals surface area contributed by atoms with Gasteiger partial charge < -0.3 is 10.2 Å². The van der Waals surface area contributed by atoms with Crippen molar-refractivity contribution in [1.82, 2.24) is 0 Å². The zero-order valence-electron chi connectivity index (χ0n) is 13.5. The van der Waals surface area contributed by atoms with Crippen molar-refractivity contribution in [1.29, 1.82) is 0 Å². The van der Waals surface area contributed by atoms with Gasteiger partial charge in [0.25, 0.3) is 0 Å². The van der Waals surface area contributed by atoms with Crippen LogP contribution < -0.4 is 10.2 Å². The molecule has 2 aromatic carbocycles. The van der Waals surface area contributed by atoms with E-state index in [9.17, 15) is 4.79 Å². The standard InChI is InChI=1S/C19H24N2O/c1-4-15(2)17-12-8-9-13-18(17)20-19(22)14-21(3)16-10-6-5-7-11-16/h5-13,15H,4,14H2,1-3H3,(H,20,22)/t15-/m0/s1. The number of amides is 1. The van der Waals surface area contributed by atoms with E-state index < -0.39 is 0 Å². The molecule has 0 spiro atoms. The minimum atomic E-state index is 0.00195. The zero-order chi connectivity index (χ0) is 15.9. The molecule has 0 aliphatic carbocycles. The van der Waals surface area contributed by atoms with Crippen molar-refractivity contribution in [2.24, 2.45) is 0 Å². The number of benzene rings is 2. The molecule has 0 fully saturated rings. The average Bonchev–Trinajstić information content (AvgIpc) is 2.55. The maximum absolute atomic E-state index is 12.3. The normalized spacial score (nSPS) is 11.8. The summed E-state index contributed by atoms with van der Waals surface area (Å²) in [7, 11) is 1.93. The molecule has 0 aromatic heterocycles. The summed E-state index contributed by atoms with van der Waals surface area (Å²) in [6, 6.07) is 18.0. The van der Waals surface area contributed by atoms with E-state index in [1.165, 1.54) is 5.56 Å². The van der Waals surface area contributed by atoms with Crippen LogP contribution in [0.25, 0.3) is 0 Å². The number of anilines is 2. The topological polar surface area (TPSA) is 32.3 Å². The van der Waals surface area contributed by atoms with Gasteiger partial charge in [0.05, 0.1) is 6.54 Å². The van der Waals surface area contributed by atoms with Gasteiger partial charge in [-0.2, -0.15) is 0 Å². The van der Waals surface area contributed by atoms with Crippen molar-refractivity contribution in [2.75, 3.05) is 23.8 Å². The molecule has 1 N–H and O–H groups in total. The molecular formula is C19H24N2O. The van der Waals surface area contributed by atoms with Crippen LogP contribution in [0, 0.1) is 0 Å². The third-order valence-corrected chi connectivity index (χ3v) is 3.96. The lowest BCUT2D eigenvalue weighted by atomic mass is 9.97. The summed E-state index contributed by atoms with van der Waals surface area (Å²) in [5, 5.41) is 3.05. The monoisotopic (exact) mass is 296 g/mol. The van der Waals surface area contributed by atoms with E-state index in [0.717, 1.165) is 17.8 Å². The lowest BCUT2D eigenvalue weighted by molar-refractivity contribution is -0.114. The highest BCUT2D eigenvalue weighted by atomic mass is 16.2. The molecule has 116 valence electrons. The van der Waals surface area contributed by atoms with Gasteiger partial charge in [0.2, 0.25) is 5.91 Å². The van der Waals surface area contributed by atoms with Crippen molar-refractivity contribution < 1.29 is 4.79 Å². The Kier molecular flexibility index (Phi) is 5.59. The van der Waals surface area contributed by atoms with Gasteiger partial charge >= 0.3 is 0 Å². The minimum Gasteiger partial charge on any atom is -0.365 e. The van der Waals surface area contributed by atoms with E-state index >= 15 is 0 Å². The minimum absolute atomic E-state index is 0.00195. The molecule has 2 aromatic rings. The zero-order valence-corrected chi connectivity index (χ0v) is 13.5. The van der Waals surface area contributed by atoms with Gasteiger partial charge in [-0.05, 0) is 36.1 Å². The summed E-state index contributed by atoms with van der Waals surface area (Å²) in [5.41, 5.74) is 3.15. The first-order chi connectivity index (χ1) is 10.6. The number of carbonyl (C=O) groups excluding carboxylic acids is 1. The Labute approximate surface area is 133 Å². The van der Waals surface area contributed by atoms with Crippen LogP contribution in [-0.4, -0.2) is 19.5 Å². The molecule has 3 nitrogen and oxygen atoms in total. The molecule has 1 amide bonds. The van der Waals surface area contributed by atoms with E-state index in [0.29, 0.717) is 12.5 Å². The Morgan fingerprint density at radius 3 is 2.41 bits per heavy atom. The van der Waals surface area contributed by atoms with Crippen LogP contribution in [0.15, 0.2) is 54.6 Å². The molecule has 1 atom stereocenters. The number of nitrogens with one attached hydrogen (secondary N) is 1. The summed E-state index contributed by atoms with van der Waals surface area (Å²) in [4.78, 5) is 14.3. The second-order valence-corrected chi connectivity index (χ2v) is 5.64. The van der Waals surface area contributed by atoms with Crippen LogP contribution >= 0.6 is 0 Å². The first-order valence-electron chi connectivity index (χ1n) is 7.76. The van der Waals surface area contributed by atoms with Gasteiger partial charge in [-0.25, -0.2) is 0 Å². The molecule has 0 saturated carbocycles. The Morgan fingerprint density at radius 2 is 1.73 bits per heavy atom. The predicted molar refractivity (Wildman–Crippen MR) is 93.5 cm³/mol. The summed E-state index contributed by atoms with van der Waals surface area (Å²) in [5.74, 6) is 0.436. The van der Waals surface area contributed by atoms with Crippen molar-refractivity contribution >= 4 is 17.3 Å². The van der Waals surface area contributed by atoms with Gasteiger partial charge in [-0.1, -0.05) is 50.2 Å². The highest BCUT2D eigenvalue weighted by molar-refractivity contribution is 5.94. The second-order valence-electron chi connectivity index (χ2n) is 5.64. The fourth-order valence-electron chi connectivity index (χ4n) is 2.44. The number of nitrogens with zero attached hydrogens (tertiary/aromatic N) is 1. The highest BCUT2D eigenvalue weighted by Crippen LogP contribution is 2.26. The van der Waals surface area contributed by atoms with Crippen molar-refractivity contribution in [2.45, 2.75) is 26.2 Å². The molecule has 0 bridgehead atoms. The van der Waals surface area contributed by atoms with Crippen LogP contribution in [0.5, 0.6) is 0 Å². The van der Waals surface area contributed by atoms with Crippen molar-refractivity contribution in [3.05, 3.63) is 60.2 Å². The van der Waals surface area contributed by atoms with Gasteiger partial charge in [0, 0.05) is 18.4 Å². The maximum Gasteiger partial charge on any atom is 0.243 e. The second kappa shape index (κ2) is 7.64. The number of para-hydroxylation sites is 2. The molecule has 0 aliphatic rings. The van der Waals surface area contributed by atoms with E-state index in [2.05, 4.69) is 25.2 Å². The molecule has 0 unspecified atom stereocenters. The fourth-order valence-corrected chi connectivity index (χ4v) is 2.44. The predicted octanol–water partition coefficient (Wildman–Crippen LogP) is 4.28. The molecule has 3 heteroatoms. The van der Waals surface area contributed by atoms with Crippen LogP contribution in [0.2, 0.25) is 0 Å². The number of hydrogen-bond donors (Lipinski definition) is 1. The molecule has 0 saturated heterocycles. The quantitative estimate of drug-likeness (QED) is 0.863. The number of likely N-dealkylation sites (N-methyl/N-ethyl adjacent to an activating group) is 1. The highest BCUT2D eigenvalue weighted by Gasteiger charge is 2.12. The van der Waals surface area contributed by atoms with Crippen LogP contribution in [0.3, 0.4) is 0 Å². The number of rotatable bonds is 6. The molecule has 2 rings (SSSR count). The van der Waals surface area contributed by atoms with Gasteiger partial charge in [0.1, 0.15) is 0 Å². The lowest BCUT2D eigenvalue weighted by Gasteiger charge is -2.20. The Balaban J connectivity index is 2.04. The third-order valence-electron chi connectivity index (χ3n) is 3.96. The first kappa shape index (κ1) is 16.1. The third kappa shape index (κ3) is 4.10. The Hall–Kier alpha value is -2.29. The Morgan fingerprint density at radius 1 is 1.09 bits per heavy atom. The summed E-state index contributed by atoms with van der Waals surface area (Å²) in [6.45, 7) is 4.67. The van der Waals surface area contributed by atoms with E-state index in [1.807, 2.05) is 60.5 Å².